The van der Waals surface area contributed by atoms with Crippen LogP contribution in [0.4, 0.5) is 0 Å². The molecule has 0 saturated heterocycles. The van der Waals surface area contributed by atoms with E-state index in [2.05, 4.69) is 40.7 Å². The molecule has 1 aromatic rings. The molecule has 0 aromatic carbocycles. The molecular formula is C16H28N4S. The predicted octanol–water partition coefficient (Wildman–Crippen LogP) is 3.51. The van der Waals surface area contributed by atoms with Gasteiger partial charge in [0.15, 0.2) is 5.96 Å². The van der Waals surface area contributed by atoms with Gasteiger partial charge < -0.3 is 10.2 Å². The Morgan fingerprint density at radius 1 is 1.38 bits per heavy atom. The van der Waals surface area contributed by atoms with Gasteiger partial charge in [-0.2, -0.15) is 0 Å². The summed E-state index contributed by atoms with van der Waals surface area (Å²) in [7, 11) is 3.93. The van der Waals surface area contributed by atoms with Crippen molar-refractivity contribution in [2.24, 2.45) is 4.99 Å². The number of aryl methyl sites for hydroxylation is 2. The Morgan fingerprint density at radius 3 is 2.71 bits per heavy atom. The molecule has 0 bridgehead atoms. The normalized spacial score (nSPS) is 11.5. The zero-order valence-electron chi connectivity index (χ0n) is 13.8. The highest BCUT2D eigenvalue weighted by atomic mass is 32.1. The molecule has 0 unspecified atom stereocenters. The maximum absolute atomic E-state index is 4.45. The van der Waals surface area contributed by atoms with E-state index in [1.165, 1.54) is 24.1 Å². The van der Waals surface area contributed by atoms with Crippen molar-refractivity contribution in [3.05, 3.63) is 28.2 Å². The van der Waals surface area contributed by atoms with Crippen LogP contribution in [0.3, 0.4) is 0 Å². The van der Waals surface area contributed by atoms with Crippen molar-refractivity contribution in [3.63, 3.8) is 0 Å². The SMILES string of the molecule is C=CCCCCCN(C)C(=NC)NCc1sc(C)nc1C. The number of aromatic nitrogens is 1. The van der Waals surface area contributed by atoms with Crippen molar-refractivity contribution in [1.29, 1.82) is 0 Å². The Balaban J connectivity index is 2.36. The summed E-state index contributed by atoms with van der Waals surface area (Å²) in [5, 5.41) is 4.54. The van der Waals surface area contributed by atoms with Gasteiger partial charge in [-0.3, -0.25) is 4.99 Å². The Kier molecular flexibility index (Phi) is 8.05. The number of rotatable bonds is 8. The maximum Gasteiger partial charge on any atom is 0.193 e. The highest BCUT2D eigenvalue weighted by molar-refractivity contribution is 7.11. The molecule has 0 fully saturated rings. The van der Waals surface area contributed by atoms with Crippen molar-refractivity contribution in [3.8, 4) is 0 Å². The van der Waals surface area contributed by atoms with E-state index in [9.17, 15) is 0 Å². The van der Waals surface area contributed by atoms with Gasteiger partial charge >= 0.3 is 0 Å². The minimum absolute atomic E-state index is 0.796. The number of allylic oxidation sites excluding steroid dienone is 1. The smallest absolute Gasteiger partial charge is 0.193 e. The Bertz CT molecular complexity index is 465. The third kappa shape index (κ3) is 6.29. The number of nitrogens with one attached hydrogen (secondary N) is 1. The Labute approximate surface area is 133 Å². The van der Waals surface area contributed by atoms with Crippen molar-refractivity contribution in [2.45, 2.75) is 46.1 Å². The monoisotopic (exact) mass is 308 g/mol. The van der Waals surface area contributed by atoms with Gasteiger partial charge in [-0.25, -0.2) is 4.98 Å². The predicted molar refractivity (Wildman–Crippen MR) is 93.1 cm³/mol. The number of aliphatic imine (C=N–C) groups is 1. The molecule has 21 heavy (non-hydrogen) atoms. The first kappa shape index (κ1) is 17.7. The van der Waals surface area contributed by atoms with Gasteiger partial charge in [0, 0.05) is 25.5 Å². The fourth-order valence-corrected chi connectivity index (χ4v) is 3.08. The minimum Gasteiger partial charge on any atom is -0.351 e. The van der Waals surface area contributed by atoms with Crippen LogP contribution < -0.4 is 5.32 Å². The lowest BCUT2D eigenvalue weighted by Gasteiger charge is -2.21. The molecule has 0 radical (unpaired) electrons. The largest absolute Gasteiger partial charge is 0.351 e. The van der Waals surface area contributed by atoms with Crippen LogP contribution in [-0.2, 0) is 6.54 Å². The molecular weight excluding hydrogens is 280 g/mol. The van der Waals surface area contributed by atoms with E-state index in [0.717, 1.165) is 36.2 Å². The molecule has 1 N–H and O–H groups in total. The summed E-state index contributed by atoms with van der Waals surface area (Å²) < 4.78 is 0. The van der Waals surface area contributed by atoms with Crippen LogP contribution in [0.15, 0.2) is 17.6 Å². The van der Waals surface area contributed by atoms with Gasteiger partial charge in [0.05, 0.1) is 17.2 Å². The van der Waals surface area contributed by atoms with E-state index in [1.54, 1.807) is 11.3 Å². The lowest BCUT2D eigenvalue weighted by atomic mass is 10.2. The minimum atomic E-state index is 0.796. The van der Waals surface area contributed by atoms with Gasteiger partial charge in [0.25, 0.3) is 0 Å². The molecule has 0 atom stereocenters. The zero-order valence-corrected chi connectivity index (χ0v) is 14.6. The first-order valence-corrected chi connectivity index (χ1v) is 8.35. The van der Waals surface area contributed by atoms with Crippen LogP contribution in [0.25, 0.3) is 0 Å². The quantitative estimate of drug-likeness (QED) is 0.346. The van der Waals surface area contributed by atoms with Crippen molar-refractivity contribution in [2.75, 3.05) is 20.6 Å². The molecule has 0 aliphatic heterocycles. The third-order valence-electron chi connectivity index (χ3n) is 3.38. The van der Waals surface area contributed by atoms with Crippen LogP contribution in [0.2, 0.25) is 0 Å². The molecule has 0 spiro atoms. The van der Waals surface area contributed by atoms with Crippen LogP contribution in [-0.4, -0.2) is 36.5 Å². The van der Waals surface area contributed by atoms with E-state index in [4.69, 9.17) is 0 Å². The standard InChI is InChI=1S/C16H28N4S/c1-6-7-8-9-10-11-20(5)16(17-4)18-12-15-13(2)19-14(3)21-15/h6H,1,7-12H2,2-5H3,(H,17,18). The summed E-state index contributed by atoms with van der Waals surface area (Å²) in [6, 6.07) is 0. The van der Waals surface area contributed by atoms with Crippen LogP contribution in [0.5, 0.6) is 0 Å². The fourth-order valence-electron chi connectivity index (χ4n) is 2.20. The molecule has 0 aliphatic carbocycles. The summed E-state index contributed by atoms with van der Waals surface area (Å²) in [6.45, 7) is 9.68. The Morgan fingerprint density at radius 2 is 2.14 bits per heavy atom. The summed E-state index contributed by atoms with van der Waals surface area (Å²) in [6.07, 6.45) is 6.75. The number of guanidine groups is 1. The topological polar surface area (TPSA) is 40.5 Å². The van der Waals surface area contributed by atoms with Gasteiger partial charge in [0.2, 0.25) is 0 Å². The van der Waals surface area contributed by atoms with E-state index in [-0.39, 0.29) is 0 Å². The molecule has 1 heterocycles. The summed E-state index contributed by atoms with van der Waals surface area (Å²) in [5.74, 6) is 0.948. The molecule has 0 amide bonds. The summed E-state index contributed by atoms with van der Waals surface area (Å²) in [4.78, 5) is 12.3. The summed E-state index contributed by atoms with van der Waals surface area (Å²) in [5.41, 5.74) is 1.12. The van der Waals surface area contributed by atoms with E-state index in [0.29, 0.717) is 0 Å². The number of nitrogens with zero attached hydrogens (tertiary/aromatic N) is 3. The number of hydrogen-bond donors (Lipinski definition) is 1. The third-order valence-corrected chi connectivity index (χ3v) is 4.45. The van der Waals surface area contributed by atoms with Crippen LogP contribution in [0.1, 0.15) is 41.3 Å². The van der Waals surface area contributed by atoms with E-state index >= 15 is 0 Å². The van der Waals surface area contributed by atoms with Gasteiger partial charge in [-0.1, -0.05) is 12.5 Å². The Hall–Kier alpha value is -1.36. The van der Waals surface area contributed by atoms with Crippen molar-refractivity contribution in [1.82, 2.24) is 15.2 Å². The fraction of sp³-hybridized carbons (Fsp3) is 0.625. The first-order valence-electron chi connectivity index (χ1n) is 7.54. The maximum atomic E-state index is 4.45. The molecule has 4 nitrogen and oxygen atoms in total. The van der Waals surface area contributed by atoms with Gasteiger partial charge in [-0.05, 0) is 33.1 Å². The molecule has 5 heteroatoms. The van der Waals surface area contributed by atoms with E-state index in [1.807, 2.05) is 20.0 Å². The molecule has 1 rings (SSSR count). The van der Waals surface area contributed by atoms with E-state index < -0.39 is 0 Å². The molecule has 0 aliphatic rings. The lowest BCUT2D eigenvalue weighted by molar-refractivity contribution is 0.455. The van der Waals surface area contributed by atoms with Crippen molar-refractivity contribution < 1.29 is 0 Å². The highest BCUT2D eigenvalue weighted by Gasteiger charge is 2.08. The number of hydrogen-bond acceptors (Lipinski definition) is 3. The molecule has 0 saturated carbocycles. The van der Waals surface area contributed by atoms with Crippen LogP contribution >= 0.6 is 11.3 Å². The average Bonchev–Trinajstić information content (AvgIpc) is 2.77. The number of unbranched alkanes of at least 4 members (excludes halogenated alkanes) is 3. The average molecular weight is 308 g/mol. The van der Waals surface area contributed by atoms with Gasteiger partial charge in [-0.15, -0.1) is 17.9 Å². The first-order chi connectivity index (χ1) is 10.1. The second kappa shape index (κ2) is 9.55. The second-order valence-corrected chi connectivity index (χ2v) is 6.49. The second-order valence-electron chi connectivity index (χ2n) is 5.20. The number of thiazole rings is 1. The lowest BCUT2D eigenvalue weighted by Crippen LogP contribution is -2.38. The summed E-state index contributed by atoms with van der Waals surface area (Å²) >= 11 is 1.75. The zero-order chi connectivity index (χ0) is 15.7. The van der Waals surface area contributed by atoms with Gasteiger partial charge in [0.1, 0.15) is 0 Å². The van der Waals surface area contributed by atoms with Crippen molar-refractivity contribution >= 4 is 17.3 Å². The highest BCUT2D eigenvalue weighted by Crippen LogP contribution is 2.16. The molecule has 118 valence electrons. The molecule has 1 aromatic heterocycles. The van der Waals surface area contributed by atoms with Crippen LogP contribution in [0, 0.1) is 13.8 Å².